The van der Waals surface area contributed by atoms with Gasteiger partial charge >= 0.3 is 13.1 Å². The van der Waals surface area contributed by atoms with E-state index in [4.69, 9.17) is 24.5 Å². The number of hydrogen-bond donors (Lipinski definition) is 1. The van der Waals surface area contributed by atoms with Crippen LogP contribution in [0.1, 0.15) is 40.0 Å². The third kappa shape index (κ3) is 6.34. The van der Waals surface area contributed by atoms with E-state index in [1.807, 2.05) is 45.0 Å². The van der Waals surface area contributed by atoms with Gasteiger partial charge in [0.15, 0.2) is 0 Å². The molecule has 6 nitrogen and oxygen atoms in total. The van der Waals surface area contributed by atoms with Gasteiger partial charge in [-0.1, -0.05) is 12.1 Å². The molecule has 0 aliphatic carbocycles. The first-order valence-corrected chi connectivity index (χ1v) is 8.67. The Bertz CT molecular complexity index is 558. The molecule has 2 atom stereocenters. The molecule has 0 radical (unpaired) electrons. The molecule has 0 amide bonds. The van der Waals surface area contributed by atoms with Crippen molar-refractivity contribution < 1.29 is 23.6 Å². The smallest absolute Gasteiger partial charge is 0.494 e. The molecule has 2 rings (SSSR count). The molecule has 1 fully saturated rings. The molecule has 25 heavy (non-hydrogen) atoms. The van der Waals surface area contributed by atoms with Crippen molar-refractivity contribution >= 4 is 18.6 Å². The lowest BCUT2D eigenvalue weighted by Gasteiger charge is -2.34. The first-order valence-electron chi connectivity index (χ1n) is 8.67. The second kappa shape index (κ2) is 8.69. The van der Waals surface area contributed by atoms with E-state index in [1.165, 1.54) is 0 Å². The van der Waals surface area contributed by atoms with Crippen molar-refractivity contribution in [3.8, 4) is 5.75 Å². The quantitative estimate of drug-likeness (QED) is 0.621. The predicted octanol–water partition coefficient (Wildman–Crippen LogP) is 1.65. The van der Waals surface area contributed by atoms with Crippen LogP contribution in [0, 0.1) is 0 Å². The van der Waals surface area contributed by atoms with Crippen molar-refractivity contribution in [3.05, 3.63) is 24.3 Å². The van der Waals surface area contributed by atoms with Gasteiger partial charge in [-0.05, 0) is 57.8 Å². The molecule has 0 aromatic heterocycles. The standard InChI is InChI=1S/C18H28BNO5/c1-18(2,3)23-17(21)12-16-11-15(9-10-20)24-19(25-16)13-5-7-14(22-4)8-6-13/h5-8,15-16H,9-12,20H2,1-4H3/t15-,16+/m1/s1. The Morgan fingerprint density at radius 3 is 2.44 bits per heavy atom. The van der Waals surface area contributed by atoms with Crippen molar-refractivity contribution in [3.63, 3.8) is 0 Å². The van der Waals surface area contributed by atoms with Crippen molar-refractivity contribution in [2.75, 3.05) is 13.7 Å². The lowest BCUT2D eigenvalue weighted by Crippen LogP contribution is -2.49. The number of nitrogens with two attached hydrogens (primary N) is 1. The number of esters is 1. The maximum atomic E-state index is 12.1. The Balaban J connectivity index is 2.05. The van der Waals surface area contributed by atoms with Gasteiger partial charge in [-0.3, -0.25) is 4.79 Å². The van der Waals surface area contributed by atoms with Gasteiger partial charge in [-0.25, -0.2) is 0 Å². The van der Waals surface area contributed by atoms with Crippen LogP contribution < -0.4 is 15.9 Å². The maximum absolute atomic E-state index is 12.1. The van der Waals surface area contributed by atoms with Crippen LogP contribution in [0.2, 0.25) is 0 Å². The van der Waals surface area contributed by atoms with Crippen molar-refractivity contribution in [1.82, 2.24) is 0 Å². The summed E-state index contributed by atoms with van der Waals surface area (Å²) >= 11 is 0. The molecular formula is C18H28BNO5. The molecule has 1 heterocycles. The second-order valence-electron chi connectivity index (χ2n) is 7.22. The molecule has 0 spiro atoms. The average Bonchev–Trinajstić information content (AvgIpc) is 2.53. The van der Waals surface area contributed by atoms with Crippen molar-refractivity contribution in [2.24, 2.45) is 5.73 Å². The highest BCUT2D eigenvalue weighted by molar-refractivity contribution is 6.61. The summed E-state index contributed by atoms with van der Waals surface area (Å²) in [5, 5.41) is 0. The summed E-state index contributed by atoms with van der Waals surface area (Å²) in [5.74, 6) is 0.503. The Morgan fingerprint density at radius 1 is 1.24 bits per heavy atom. The van der Waals surface area contributed by atoms with Crippen LogP contribution in [0.5, 0.6) is 5.75 Å². The molecule has 1 saturated heterocycles. The van der Waals surface area contributed by atoms with E-state index < -0.39 is 12.7 Å². The zero-order chi connectivity index (χ0) is 18.4. The van der Waals surface area contributed by atoms with E-state index in [2.05, 4.69) is 0 Å². The second-order valence-corrected chi connectivity index (χ2v) is 7.22. The normalized spacial score (nSPS) is 21.1. The monoisotopic (exact) mass is 349 g/mol. The van der Waals surface area contributed by atoms with Crippen LogP contribution in [0.4, 0.5) is 0 Å². The minimum absolute atomic E-state index is 0.0433. The van der Waals surface area contributed by atoms with Gasteiger partial charge in [0, 0.05) is 6.10 Å². The van der Waals surface area contributed by atoms with E-state index in [1.54, 1.807) is 7.11 Å². The van der Waals surface area contributed by atoms with Gasteiger partial charge in [-0.15, -0.1) is 0 Å². The molecule has 0 unspecified atom stereocenters. The molecule has 7 heteroatoms. The Hall–Kier alpha value is -1.57. The van der Waals surface area contributed by atoms with Gasteiger partial charge in [0.05, 0.1) is 19.6 Å². The van der Waals surface area contributed by atoms with Crippen LogP contribution in [-0.2, 0) is 18.8 Å². The first-order chi connectivity index (χ1) is 11.8. The Morgan fingerprint density at radius 2 is 1.88 bits per heavy atom. The predicted molar refractivity (Wildman–Crippen MR) is 96.9 cm³/mol. The molecular weight excluding hydrogens is 321 g/mol. The molecule has 2 N–H and O–H groups in total. The van der Waals surface area contributed by atoms with Crippen LogP contribution in [-0.4, -0.2) is 44.6 Å². The molecule has 0 bridgehead atoms. The zero-order valence-corrected chi connectivity index (χ0v) is 15.5. The van der Waals surface area contributed by atoms with Crippen LogP contribution >= 0.6 is 0 Å². The van der Waals surface area contributed by atoms with Crippen LogP contribution in [0.15, 0.2) is 24.3 Å². The fourth-order valence-electron chi connectivity index (χ4n) is 2.78. The minimum atomic E-state index is -0.524. The van der Waals surface area contributed by atoms with Crippen LogP contribution in [0.3, 0.4) is 0 Å². The highest BCUT2D eigenvalue weighted by Gasteiger charge is 2.36. The van der Waals surface area contributed by atoms with E-state index in [0.717, 1.165) is 17.6 Å². The molecule has 1 aromatic rings. The summed E-state index contributed by atoms with van der Waals surface area (Å²) in [5.41, 5.74) is 6.06. The van der Waals surface area contributed by atoms with E-state index in [9.17, 15) is 4.79 Å². The number of methoxy groups -OCH3 is 1. The number of rotatable bonds is 6. The largest absolute Gasteiger partial charge is 0.497 e. The summed E-state index contributed by atoms with van der Waals surface area (Å²) in [6, 6.07) is 7.52. The topological polar surface area (TPSA) is 80.0 Å². The zero-order valence-electron chi connectivity index (χ0n) is 15.5. The summed E-state index contributed by atoms with van der Waals surface area (Å²) in [6.45, 7) is 6.09. The van der Waals surface area contributed by atoms with Gasteiger partial charge in [0.2, 0.25) is 0 Å². The number of carbonyl (C=O) groups is 1. The molecule has 0 saturated carbocycles. The van der Waals surface area contributed by atoms with E-state index in [0.29, 0.717) is 13.0 Å². The summed E-state index contributed by atoms with van der Waals surface area (Å²) in [4.78, 5) is 12.1. The van der Waals surface area contributed by atoms with Gasteiger partial charge < -0.3 is 24.5 Å². The molecule has 1 aliphatic heterocycles. The first kappa shape index (κ1) is 19.8. The summed E-state index contributed by atoms with van der Waals surface area (Å²) < 4.78 is 22.6. The number of benzene rings is 1. The third-order valence-corrected chi connectivity index (χ3v) is 3.85. The summed E-state index contributed by atoms with van der Waals surface area (Å²) in [7, 11) is 1.10. The minimum Gasteiger partial charge on any atom is -0.497 e. The van der Waals surface area contributed by atoms with Gasteiger partial charge in [0.1, 0.15) is 11.4 Å². The number of ether oxygens (including phenoxy) is 2. The SMILES string of the molecule is COc1ccc(B2O[C@H](CCN)C[C@@H](CC(=O)OC(C)(C)C)O2)cc1. The lowest BCUT2D eigenvalue weighted by atomic mass is 9.76. The van der Waals surface area contributed by atoms with Crippen LogP contribution in [0.25, 0.3) is 0 Å². The third-order valence-electron chi connectivity index (χ3n) is 3.85. The van der Waals surface area contributed by atoms with E-state index in [-0.39, 0.29) is 24.6 Å². The molecule has 1 aliphatic rings. The number of carbonyl (C=O) groups excluding carboxylic acids is 1. The Labute approximate surface area is 150 Å². The Kier molecular flexibility index (Phi) is 6.87. The highest BCUT2D eigenvalue weighted by atomic mass is 16.6. The fourth-order valence-corrected chi connectivity index (χ4v) is 2.78. The lowest BCUT2D eigenvalue weighted by molar-refractivity contribution is -0.157. The summed E-state index contributed by atoms with van der Waals surface area (Å²) in [6.07, 6.45) is 1.25. The van der Waals surface area contributed by atoms with Crippen molar-refractivity contribution in [2.45, 2.75) is 57.8 Å². The molecule has 138 valence electrons. The molecule has 1 aromatic carbocycles. The van der Waals surface area contributed by atoms with Crippen molar-refractivity contribution in [1.29, 1.82) is 0 Å². The maximum Gasteiger partial charge on any atom is 0.494 e. The highest BCUT2D eigenvalue weighted by Crippen LogP contribution is 2.23. The average molecular weight is 349 g/mol. The number of hydrogen-bond acceptors (Lipinski definition) is 6. The fraction of sp³-hybridized carbons (Fsp3) is 0.611. The van der Waals surface area contributed by atoms with Gasteiger partial charge in [-0.2, -0.15) is 0 Å². The van der Waals surface area contributed by atoms with E-state index >= 15 is 0 Å². The van der Waals surface area contributed by atoms with Gasteiger partial charge in [0.25, 0.3) is 0 Å².